The normalized spacial score (nSPS) is 21.7. The van der Waals surface area contributed by atoms with Crippen LogP contribution in [0.2, 0.25) is 0 Å². The molecule has 124 valence electrons. The lowest BCUT2D eigenvalue weighted by molar-refractivity contribution is -0.0641. The zero-order valence-corrected chi connectivity index (χ0v) is 14.3. The SMILES string of the molecule is CC(C)c1cc(NC(=O)N2C[C@H](C)O[C@@H](c3ccsc3)C2)no1. The van der Waals surface area contributed by atoms with Gasteiger partial charge in [-0.25, -0.2) is 4.79 Å². The van der Waals surface area contributed by atoms with Gasteiger partial charge in [0.1, 0.15) is 11.9 Å². The molecular weight excluding hydrogens is 314 g/mol. The molecule has 7 heteroatoms. The Morgan fingerprint density at radius 2 is 2.30 bits per heavy atom. The van der Waals surface area contributed by atoms with Crippen molar-refractivity contribution >= 4 is 23.2 Å². The first kappa shape index (κ1) is 16.0. The fourth-order valence-electron chi connectivity index (χ4n) is 2.57. The summed E-state index contributed by atoms with van der Waals surface area (Å²) in [5.74, 6) is 1.44. The summed E-state index contributed by atoms with van der Waals surface area (Å²) in [6.07, 6.45) is -0.0952. The second-order valence-corrected chi connectivity index (χ2v) is 6.88. The summed E-state index contributed by atoms with van der Waals surface area (Å²) in [6, 6.07) is 3.63. The zero-order chi connectivity index (χ0) is 16.4. The van der Waals surface area contributed by atoms with Crippen molar-refractivity contribution in [1.82, 2.24) is 10.1 Å². The number of rotatable bonds is 3. The number of hydrogen-bond acceptors (Lipinski definition) is 5. The Hall–Kier alpha value is -1.86. The van der Waals surface area contributed by atoms with Crippen molar-refractivity contribution in [1.29, 1.82) is 0 Å². The van der Waals surface area contributed by atoms with E-state index in [0.29, 0.717) is 18.9 Å². The third-order valence-electron chi connectivity index (χ3n) is 3.79. The minimum absolute atomic E-state index is 0.0112. The highest BCUT2D eigenvalue weighted by Gasteiger charge is 2.30. The maximum Gasteiger partial charge on any atom is 0.323 e. The Bertz CT molecular complexity index is 653. The Labute approximate surface area is 139 Å². The van der Waals surface area contributed by atoms with E-state index in [1.807, 2.05) is 32.2 Å². The molecule has 0 spiro atoms. The zero-order valence-electron chi connectivity index (χ0n) is 13.5. The van der Waals surface area contributed by atoms with Gasteiger partial charge in [0, 0.05) is 18.5 Å². The summed E-state index contributed by atoms with van der Waals surface area (Å²) in [5, 5.41) is 10.8. The van der Waals surface area contributed by atoms with E-state index in [1.165, 1.54) is 0 Å². The average Bonchev–Trinajstić information content (AvgIpc) is 3.18. The number of thiophene rings is 1. The summed E-state index contributed by atoms with van der Waals surface area (Å²) >= 11 is 1.63. The monoisotopic (exact) mass is 335 g/mol. The van der Waals surface area contributed by atoms with Crippen molar-refractivity contribution in [2.45, 2.75) is 38.9 Å². The van der Waals surface area contributed by atoms with Gasteiger partial charge in [0.2, 0.25) is 0 Å². The predicted molar refractivity (Wildman–Crippen MR) is 88.8 cm³/mol. The second-order valence-electron chi connectivity index (χ2n) is 6.10. The van der Waals surface area contributed by atoms with Crippen LogP contribution < -0.4 is 5.32 Å². The van der Waals surface area contributed by atoms with Crippen molar-refractivity contribution < 1.29 is 14.1 Å². The van der Waals surface area contributed by atoms with Gasteiger partial charge in [0.15, 0.2) is 5.82 Å². The third-order valence-corrected chi connectivity index (χ3v) is 4.50. The molecule has 1 N–H and O–H groups in total. The standard InChI is InChI=1S/C16H21N3O3S/c1-10(2)13-6-15(18-22-13)17-16(20)19-7-11(3)21-14(8-19)12-4-5-23-9-12/h4-6,9-11,14H,7-8H2,1-3H3,(H,17,18,20)/t11-,14+/m0/s1. The predicted octanol–water partition coefficient (Wildman–Crippen LogP) is 3.85. The highest BCUT2D eigenvalue weighted by atomic mass is 32.1. The molecule has 2 aromatic rings. The lowest BCUT2D eigenvalue weighted by atomic mass is 10.1. The van der Waals surface area contributed by atoms with Crippen molar-refractivity contribution in [3.8, 4) is 0 Å². The molecule has 3 heterocycles. The van der Waals surface area contributed by atoms with E-state index >= 15 is 0 Å². The van der Waals surface area contributed by atoms with Gasteiger partial charge in [0.05, 0.1) is 12.6 Å². The Morgan fingerprint density at radius 1 is 1.48 bits per heavy atom. The lowest BCUT2D eigenvalue weighted by Crippen LogP contribution is -2.47. The van der Waals surface area contributed by atoms with Crippen LogP contribution in [0.1, 0.15) is 44.1 Å². The quantitative estimate of drug-likeness (QED) is 0.925. The van der Waals surface area contributed by atoms with Crippen molar-refractivity contribution in [3.05, 3.63) is 34.2 Å². The first-order valence-corrected chi connectivity index (χ1v) is 8.67. The third kappa shape index (κ3) is 3.73. The number of urea groups is 1. The average molecular weight is 335 g/mol. The van der Waals surface area contributed by atoms with Crippen LogP contribution in [0, 0.1) is 0 Å². The topological polar surface area (TPSA) is 67.6 Å². The Morgan fingerprint density at radius 3 is 2.96 bits per heavy atom. The van der Waals surface area contributed by atoms with E-state index in [-0.39, 0.29) is 24.2 Å². The molecule has 0 unspecified atom stereocenters. The minimum atomic E-state index is -0.177. The number of ether oxygens (including phenoxy) is 1. The summed E-state index contributed by atoms with van der Waals surface area (Å²) in [7, 11) is 0. The van der Waals surface area contributed by atoms with Crippen LogP contribution in [0.3, 0.4) is 0 Å². The van der Waals surface area contributed by atoms with Gasteiger partial charge < -0.3 is 14.2 Å². The van der Waals surface area contributed by atoms with E-state index < -0.39 is 0 Å². The lowest BCUT2D eigenvalue weighted by Gasteiger charge is -2.36. The van der Waals surface area contributed by atoms with E-state index in [0.717, 1.165) is 11.3 Å². The van der Waals surface area contributed by atoms with Gasteiger partial charge >= 0.3 is 6.03 Å². The molecule has 6 nitrogen and oxygen atoms in total. The van der Waals surface area contributed by atoms with Crippen LogP contribution in [-0.4, -0.2) is 35.3 Å². The second kappa shape index (κ2) is 6.72. The molecule has 2 atom stereocenters. The number of morpholine rings is 1. The fraction of sp³-hybridized carbons (Fsp3) is 0.500. The number of anilines is 1. The molecular formula is C16H21N3O3S. The Balaban J connectivity index is 1.66. The number of hydrogen-bond donors (Lipinski definition) is 1. The van der Waals surface area contributed by atoms with Crippen molar-refractivity contribution in [3.63, 3.8) is 0 Å². The minimum Gasteiger partial charge on any atom is -0.367 e. The molecule has 23 heavy (non-hydrogen) atoms. The number of amides is 2. The molecule has 0 aromatic carbocycles. The molecule has 0 bridgehead atoms. The first-order chi connectivity index (χ1) is 11.0. The molecule has 2 aromatic heterocycles. The number of nitrogens with zero attached hydrogens (tertiary/aromatic N) is 2. The first-order valence-electron chi connectivity index (χ1n) is 7.73. The van der Waals surface area contributed by atoms with Crippen LogP contribution in [0.5, 0.6) is 0 Å². The van der Waals surface area contributed by atoms with Gasteiger partial charge in [0.25, 0.3) is 0 Å². The molecule has 0 aliphatic carbocycles. The van der Waals surface area contributed by atoms with Crippen molar-refractivity contribution in [2.24, 2.45) is 0 Å². The number of carbonyl (C=O) groups excluding carboxylic acids is 1. The molecule has 0 radical (unpaired) electrons. The van der Waals surface area contributed by atoms with Crippen LogP contribution in [0.15, 0.2) is 27.4 Å². The maximum atomic E-state index is 12.5. The Kier molecular flexibility index (Phi) is 4.68. The summed E-state index contributed by atoms with van der Waals surface area (Å²) in [4.78, 5) is 14.3. The van der Waals surface area contributed by atoms with Crippen LogP contribution in [0.4, 0.5) is 10.6 Å². The number of nitrogens with one attached hydrogen (secondary N) is 1. The van der Waals surface area contributed by atoms with Gasteiger partial charge in [-0.1, -0.05) is 19.0 Å². The van der Waals surface area contributed by atoms with Crippen LogP contribution in [0.25, 0.3) is 0 Å². The number of aromatic nitrogens is 1. The summed E-state index contributed by atoms with van der Waals surface area (Å²) < 4.78 is 11.2. The molecule has 1 saturated heterocycles. The van der Waals surface area contributed by atoms with Crippen LogP contribution >= 0.6 is 11.3 Å². The van der Waals surface area contributed by atoms with E-state index in [9.17, 15) is 4.79 Å². The fourth-order valence-corrected chi connectivity index (χ4v) is 3.27. The summed E-state index contributed by atoms with van der Waals surface area (Å²) in [5.41, 5.74) is 1.11. The highest BCUT2D eigenvalue weighted by molar-refractivity contribution is 7.07. The molecule has 1 aliphatic heterocycles. The highest BCUT2D eigenvalue weighted by Crippen LogP contribution is 2.27. The molecule has 3 rings (SSSR count). The summed E-state index contributed by atoms with van der Waals surface area (Å²) in [6.45, 7) is 7.09. The molecule has 0 saturated carbocycles. The van der Waals surface area contributed by atoms with Crippen molar-refractivity contribution in [2.75, 3.05) is 18.4 Å². The molecule has 1 aliphatic rings. The van der Waals surface area contributed by atoms with Gasteiger partial charge in [-0.15, -0.1) is 0 Å². The van der Waals surface area contributed by atoms with Gasteiger partial charge in [-0.3, -0.25) is 5.32 Å². The largest absolute Gasteiger partial charge is 0.367 e. The molecule has 1 fully saturated rings. The van der Waals surface area contributed by atoms with Gasteiger partial charge in [-0.2, -0.15) is 11.3 Å². The van der Waals surface area contributed by atoms with Gasteiger partial charge in [-0.05, 0) is 29.3 Å². The van der Waals surface area contributed by atoms with Crippen LogP contribution in [-0.2, 0) is 4.74 Å². The molecule has 2 amide bonds. The smallest absolute Gasteiger partial charge is 0.323 e. The maximum absolute atomic E-state index is 12.5. The number of carbonyl (C=O) groups is 1. The van der Waals surface area contributed by atoms with E-state index in [1.54, 1.807) is 22.3 Å². The van der Waals surface area contributed by atoms with E-state index in [2.05, 4.69) is 15.9 Å². The van der Waals surface area contributed by atoms with E-state index in [4.69, 9.17) is 9.26 Å².